The van der Waals surface area contributed by atoms with Gasteiger partial charge in [0.05, 0.1) is 5.69 Å². The first kappa shape index (κ1) is 11.6. The van der Waals surface area contributed by atoms with Crippen molar-refractivity contribution in [3.8, 4) is 0 Å². The summed E-state index contributed by atoms with van der Waals surface area (Å²) < 4.78 is 0. The molecule has 0 bridgehead atoms. The van der Waals surface area contributed by atoms with Crippen LogP contribution in [0.2, 0.25) is 0 Å². The first-order valence-corrected chi connectivity index (χ1v) is 6.20. The zero-order valence-electron chi connectivity index (χ0n) is 10.7. The van der Waals surface area contributed by atoms with Gasteiger partial charge in [0.2, 0.25) is 0 Å². The zero-order chi connectivity index (χ0) is 13.2. The Morgan fingerprint density at radius 3 is 1.95 bits per heavy atom. The molecule has 0 aromatic heterocycles. The standard InChI is InChI=1S/C15H15N3O/c1-16-15(19)17(13-8-4-2-5-9-13)12-18(16)14-10-6-3-7-11-14/h2-11H,12H2,1H3. The Morgan fingerprint density at radius 1 is 0.842 bits per heavy atom. The molecule has 4 nitrogen and oxygen atoms in total. The number of urea groups is 1. The van der Waals surface area contributed by atoms with Crippen LogP contribution in [0.4, 0.5) is 16.2 Å². The molecule has 2 aromatic rings. The van der Waals surface area contributed by atoms with Gasteiger partial charge < -0.3 is 0 Å². The van der Waals surface area contributed by atoms with Gasteiger partial charge >= 0.3 is 6.03 Å². The van der Waals surface area contributed by atoms with E-state index in [1.807, 2.05) is 65.7 Å². The number of para-hydroxylation sites is 2. The predicted molar refractivity (Wildman–Crippen MR) is 75.9 cm³/mol. The van der Waals surface area contributed by atoms with Crippen molar-refractivity contribution >= 4 is 17.4 Å². The lowest BCUT2D eigenvalue weighted by atomic mass is 10.3. The summed E-state index contributed by atoms with van der Waals surface area (Å²) in [6.07, 6.45) is 0. The third-order valence-electron chi connectivity index (χ3n) is 3.27. The molecule has 96 valence electrons. The van der Waals surface area contributed by atoms with Gasteiger partial charge in [-0.05, 0) is 24.3 Å². The lowest BCUT2D eigenvalue weighted by Crippen LogP contribution is -2.35. The summed E-state index contributed by atoms with van der Waals surface area (Å²) >= 11 is 0. The van der Waals surface area contributed by atoms with Crippen LogP contribution in [-0.4, -0.2) is 24.8 Å². The molecule has 19 heavy (non-hydrogen) atoms. The van der Waals surface area contributed by atoms with Gasteiger partial charge in [-0.2, -0.15) is 0 Å². The van der Waals surface area contributed by atoms with E-state index in [0.29, 0.717) is 6.67 Å². The molecular formula is C15H15N3O. The van der Waals surface area contributed by atoms with Crippen molar-refractivity contribution in [2.24, 2.45) is 0 Å². The number of hydrogen-bond acceptors (Lipinski definition) is 2. The number of carbonyl (C=O) groups excluding carboxylic acids is 1. The Morgan fingerprint density at radius 2 is 1.37 bits per heavy atom. The molecule has 0 spiro atoms. The number of anilines is 2. The summed E-state index contributed by atoms with van der Waals surface area (Å²) in [6.45, 7) is 0.531. The van der Waals surface area contributed by atoms with Crippen LogP contribution in [0.15, 0.2) is 60.7 Å². The summed E-state index contributed by atoms with van der Waals surface area (Å²) in [5.74, 6) is 0. The van der Waals surface area contributed by atoms with E-state index in [-0.39, 0.29) is 6.03 Å². The normalized spacial score (nSPS) is 15.2. The van der Waals surface area contributed by atoms with Crippen molar-refractivity contribution < 1.29 is 4.79 Å². The molecule has 0 aliphatic carbocycles. The van der Waals surface area contributed by atoms with Gasteiger partial charge in [0, 0.05) is 12.7 Å². The average Bonchev–Trinajstić information content (AvgIpc) is 2.77. The maximum atomic E-state index is 12.3. The van der Waals surface area contributed by atoms with Gasteiger partial charge in [-0.3, -0.25) is 9.91 Å². The van der Waals surface area contributed by atoms with Crippen molar-refractivity contribution in [1.82, 2.24) is 5.01 Å². The molecule has 3 rings (SSSR count). The lowest BCUT2D eigenvalue weighted by Gasteiger charge is -2.23. The van der Waals surface area contributed by atoms with Crippen molar-refractivity contribution in [3.05, 3.63) is 60.7 Å². The molecule has 0 atom stereocenters. The third-order valence-corrected chi connectivity index (χ3v) is 3.27. The van der Waals surface area contributed by atoms with E-state index in [0.717, 1.165) is 11.4 Å². The molecule has 0 unspecified atom stereocenters. The topological polar surface area (TPSA) is 26.8 Å². The number of rotatable bonds is 2. The third kappa shape index (κ3) is 2.01. The lowest BCUT2D eigenvalue weighted by molar-refractivity contribution is 0.226. The van der Waals surface area contributed by atoms with E-state index in [1.165, 1.54) is 0 Å². The molecule has 2 aromatic carbocycles. The van der Waals surface area contributed by atoms with E-state index < -0.39 is 0 Å². The van der Waals surface area contributed by atoms with Crippen LogP contribution in [0.25, 0.3) is 0 Å². The van der Waals surface area contributed by atoms with Gasteiger partial charge in [-0.1, -0.05) is 36.4 Å². The Hall–Kier alpha value is -2.49. The highest BCUT2D eigenvalue weighted by molar-refractivity contribution is 5.95. The van der Waals surface area contributed by atoms with Crippen LogP contribution < -0.4 is 9.91 Å². The monoisotopic (exact) mass is 253 g/mol. The first-order valence-electron chi connectivity index (χ1n) is 6.20. The molecule has 0 radical (unpaired) electrons. The van der Waals surface area contributed by atoms with Crippen molar-refractivity contribution in [2.75, 3.05) is 23.6 Å². The van der Waals surface area contributed by atoms with Crippen LogP contribution in [0.3, 0.4) is 0 Å². The molecule has 1 aliphatic heterocycles. The second kappa shape index (κ2) is 4.65. The van der Waals surface area contributed by atoms with Crippen LogP contribution in [0.1, 0.15) is 0 Å². The smallest absolute Gasteiger partial charge is 0.273 e. The molecule has 1 aliphatic rings. The second-order valence-electron chi connectivity index (χ2n) is 4.45. The Kier molecular flexibility index (Phi) is 2.83. The minimum Gasteiger partial charge on any atom is -0.273 e. The number of benzene rings is 2. The zero-order valence-corrected chi connectivity index (χ0v) is 10.7. The first-order chi connectivity index (χ1) is 9.27. The minimum absolute atomic E-state index is 0.0185. The largest absolute Gasteiger partial charge is 0.344 e. The van der Waals surface area contributed by atoms with Gasteiger partial charge in [-0.15, -0.1) is 0 Å². The van der Waals surface area contributed by atoms with E-state index in [4.69, 9.17) is 0 Å². The van der Waals surface area contributed by atoms with Crippen LogP contribution in [0.5, 0.6) is 0 Å². The molecule has 1 heterocycles. The SMILES string of the molecule is CN1C(=O)N(c2ccccc2)CN1c1ccccc1. The summed E-state index contributed by atoms with van der Waals surface area (Å²) in [7, 11) is 1.79. The molecular weight excluding hydrogens is 238 g/mol. The fourth-order valence-electron chi connectivity index (χ4n) is 2.22. The van der Waals surface area contributed by atoms with Crippen LogP contribution in [-0.2, 0) is 0 Å². The number of amides is 2. The second-order valence-corrected chi connectivity index (χ2v) is 4.45. The van der Waals surface area contributed by atoms with Gasteiger partial charge in [0.1, 0.15) is 6.67 Å². The van der Waals surface area contributed by atoms with E-state index in [9.17, 15) is 4.79 Å². The number of hydrazine groups is 1. The molecule has 2 amide bonds. The minimum atomic E-state index is -0.0185. The maximum absolute atomic E-state index is 12.3. The number of nitrogens with zero attached hydrogens (tertiary/aromatic N) is 3. The van der Waals surface area contributed by atoms with Gasteiger partial charge in [0.15, 0.2) is 0 Å². The van der Waals surface area contributed by atoms with Crippen molar-refractivity contribution in [2.45, 2.75) is 0 Å². The maximum Gasteiger partial charge on any atom is 0.344 e. The van der Waals surface area contributed by atoms with E-state index >= 15 is 0 Å². The quantitative estimate of drug-likeness (QED) is 0.822. The predicted octanol–water partition coefficient (Wildman–Crippen LogP) is 2.94. The molecule has 1 fully saturated rings. The van der Waals surface area contributed by atoms with Crippen molar-refractivity contribution in [3.63, 3.8) is 0 Å². The molecule has 4 heteroatoms. The average molecular weight is 253 g/mol. The Bertz CT molecular complexity index is 570. The summed E-state index contributed by atoms with van der Waals surface area (Å²) in [6, 6.07) is 19.6. The highest BCUT2D eigenvalue weighted by atomic mass is 16.2. The van der Waals surface area contributed by atoms with E-state index in [1.54, 1.807) is 17.0 Å². The fourth-order valence-corrected chi connectivity index (χ4v) is 2.22. The van der Waals surface area contributed by atoms with Gasteiger partial charge in [0.25, 0.3) is 0 Å². The molecule has 0 saturated carbocycles. The molecule has 1 saturated heterocycles. The highest BCUT2D eigenvalue weighted by Gasteiger charge is 2.33. The fraction of sp³-hybridized carbons (Fsp3) is 0.133. The highest BCUT2D eigenvalue weighted by Crippen LogP contribution is 2.26. The van der Waals surface area contributed by atoms with Crippen molar-refractivity contribution in [1.29, 1.82) is 0 Å². The summed E-state index contributed by atoms with van der Waals surface area (Å²) in [5, 5.41) is 3.59. The summed E-state index contributed by atoms with van der Waals surface area (Å²) in [5.41, 5.74) is 1.93. The van der Waals surface area contributed by atoms with Crippen LogP contribution >= 0.6 is 0 Å². The molecule has 0 N–H and O–H groups in total. The Labute approximate surface area is 112 Å². The van der Waals surface area contributed by atoms with Crippen LogP contribution in [0, 0.1) is 0 Å². The summed E-state index contributed by atoms with van der Waals surface area (Å²) in [4.78, 5) is 14.1. The number of carbonyl (C=O) groups is 1. The number of hydrogen-bond donors (Lipinski definition) is 0. The van der Waals surface area contributed by atoms with E-state index in [2.05, 4.69) is 0 Å². The Balaban J connectivity index is 1.90. The van der Waals surface area contributed by atoms with Gasteiger partial charge in [-0.25, -0.2) is 9.80 Å².